The van der Waals surface area contributed by atoms with Gasteiger partial charge in [0.2, 0.25) is 0 Å². The smallest absolute Gasteiger partial charge is 0.123 e. The third-order valence-corrected chi connectivity index (χ3v) is 4.04. The Bertz CT molecular complexity index is 584. The molecule has 0 saturated heterocycles. The number of halogens is 3. The molecule has 0 heterocycles. The second-order valence-corrected chi connectivity index (χ2v) is 5.45. The van der Waals surface area contributed by atoms with Gasteiger partial charge in [0, 0.05) is 23.6 Å². The molecular weight excluding hydrogens is 296 g/mol. The normalized spacial score (nSPS) is 12.2. The number of hydrogen-bond acceptors (Lipinski definition) is 1. The molecule has 4 heteroatoms. The molecule has 0 fully saturated rings. The van der Waals surface area contributed by atoms with Crippen molar-refractivity contribution in [3.05, 3.63) is 64.4 Å². The first kappa shape index (κ1) is 15.1. The molecule has 0 bridgehead atoms. The fraction of sp³-hybridized carbons (Fsp3) is 0.250. The van der Waals surface area contributed by atoms with Crippen LogP contribution in [-0.2, 0) is 5.88 Å². The first-order chi connectivity index (χ1) is 9.52. The standard InChI is InChI=1S/C16H16Cl2FN/c1-11(12-3-5-14(18)6-4-12)20(2)16-8-7-15(19)9-13(16)10-17/h3-9,11H,10H2,1-2H3. The molecule has 0 aliphatic carbocycles. The lowest BCUT2D eigenvalue weighted by Crippen LogP contribution is -2.22. The zero-order valence-electron chi connectivity index (χ0n) is 11.4. The SMILES string of the molecule is CC(c1ccc(Cl)cc1)N(C)c1ccc(F)cc1CCl. The van der Waals surface area contributed by atoms with Crippen LogP contribution in [0.25, 0.3) is 0 Å². The van der Waals surface area contributed by atoms with E-state index in [1.54, 1.807) is 6.07 Å². The van der Waals surface area contributed by atoms with Gasteiger partial charge in [-0.05, 0) is 48.4 Å². The zero-order chi connectivity index (χ0) is 14.7. The predicted molar refractivity (Wildman–Crippen MR) is 84.2 cm³/mol. The molecule has 0 spiro atoms. The highest BCUT2D eigenvalue weighted by atomic mass is 35.5. The van der Waals surface area contributed by atoms with Gasteiger partial charge in [-0.2, -0.15) is 0 Å². The zero-order valence-corrected chi connectivity index (χ0v) is 12.9. The van der Waals surface area contributed by atoms with Gasteiger partial charge >= 0.3 is 0 Å². The van der Waals surface area contributed by atoms with Crippen LogP contribution in [0.1, 0.15) is 24.1 Å². The molecule has 0 amide bonds. The van der Waals surface area contributed by atoms with Gasteiger partial charge in [0.15, 0.2) is 0 Å². The van der Waals surface area contributed by atoms with Gasteiger partial charge in [0.05, 0.1) is 6.04 Å². The van der Waals surface area contributed by atoms with Crippen LogP contribution in [0, 0.1) is 5.82 Å². The molecule has 1 atom stereocenters. The number of rotatable bonds is 4. The molecular formula is C16H16Cl2FN. The summed E-state index contributed by atoms with van der Waals surface area (Å²) in [6.07, 6.45) is 0. The Morgan fingerprint density at radius 3 is 2.40 bits per heavy atom. The average Bonchev–Trinajstić information content (AvgIpc) is 2.46. The minimum Gasteiger partial charge on any atom is -0.368 e. The van der Waals surface area contributed by atoms with Crippen molar-refractivity contribution < 1.29 is 4.39 Å². The van der Waals surface area contributed by atoms with Gasteiger partial charge in [-0.3, -0.25) is 0 Å². The van der Waals surface area contributed by atoms with Crippen molar-refractivity contribution in [2.45, 2.75) is 18.8 Å². The van der Waals surface area contributed by atoms with Gasteiger partial charge < -0.3 is 4.90 Å². The molecule has 0 saturated carbocycles. The van der Waals surface area contributed by atoms with Crippen LogP contribution < -0.4 is 4.90 Å². The van der Waals surface area contributed by atoms with Gasteiger partial charge in [-0.1, -0.05) is 23.7 Å². The molecule has 0 aliphatic rings. The van der Waals surface area contributed by atoms with E-state index in [0.717, 1.165) is 16.8 Å². The van der Waals surface area contributed by atoms with E-state index >= 15 is 0 Å². The maximum absolute atomic E-state index is 13.3. The number of alkyl halides is 1. The van der Waals surface area contributed by atoms with Crippen molar-refractivity contribution in [1.82, 2.24) is 0 Å². The lowest BCUT2D eigenvalue weighted by molar-refractivity contribution is 0.625. The monoisotopic (exact) mass is 311 g/mol. The van der Waals surface area contributed by atoms with Crippen molar-refractivity contribution >= 4 is 28.9 Å². The summed E-state index contributed by atoms with van der Waals surface area (Å²) in [5.74, 6) is 0.0158. The Morgan fingerprint density at radius 1 is 1.15 bits per heavy atom. The second kappa shape index (κ2) is 6.47. The van der Waals surface area contributed by atoms with Crippen molar-refractivity contribution in [3.8, 4) is 0 Å². The number of nitrogens with zero attached hydrogens (tertiary/aromatic N) is 1. The van der Waals surface area contributed by atoms with Crippen LogP contribution in [0.15, 0.2) is 42.5 Å². The van der Waals surface area contributed by atoms with E-state index in [2.05, 4.69) is 11.8 Å². The van der Waals surface area contributed by atoms with Crippen molar-refractivity contribution in [2.75, 3.05) is 11.9 Å². The quantitative estimate of drug-likeness (QED) is 0.682. The van der Waals surface area contributed by atoms with E-state index in [1.807, 2.05) is 31.3 Å². The van der Waals surface area contributed by atoms with Gasteiger partial charge in [0.25, 0.3) is 0 Å². The highest BCUT2D eigenvalue weighted by Crippen LogP contribution is 2.30. The highest BCUT2D eigenvalue weighted by Gasteiger charge is 2.15. The lowest BCUT2D eigenvalue weighted by Gasteiger charge is -2.29. The van der Waals surface area contributed by atoms with Gasteiger partial charge in [-0.25, -0.2) is 4.39 Å². The minimum absolute atomic E-state index is 0.139. The summed E-state index contributed by atoms with van der Waals surface area (Å²) in [7, 11) is 1.97. The van der Waals surface area contributed by atoms with Crippen LogP contribution in [0.5, 0.6) is 0 Å². The lowest BCUT2D eigenvalue weighted by atomic mass is 10.1. The van der Waals surface area contributed by atoms with Crippen molar-refractivity contribution in [1.29, 1.82) is 0 Å². The van der Waals surface area contributed by atoms with Gasteiger partial charge in [0.1, 0.15) is 5.82 Å². The molecule has 0 aromatic heterocycles. The Hall–Kier alpha value is -1.25. The molecule has 2 rings (SSSR count). The van der Waals surface area contributed by atoms with E-state index in [0.29, 0.717) is 5.02 Å². The number of benzene rings is 2. The maximum Gasteiger partial charge on any atom is 0.123 e. The molecule has 106 valence electrons. The molecule has 0 N–H and O–H groups in total. The molecule has 2 aromatic rings. The Balaban J connectivity index is 2.30. The summed E-state index contributed by atoms with van der Waals surface area (Å²) < 4.78 is 13.3. The Morgan fingerprint density at radius 2 is 1.80 bits per heavy atom. The Labute approximate surface area is 128 Å². The van der Waals surface area contributed by atoms with Crippen LogP contribution in [-0.4, -0.2) is 7.05 Å². The number of hydrogen-bond donors (Lipinski definition) is 0. The van der Waals surface area contributed by atoms with Crippen molar-refractivity contribution in [3.63, 3.8) is 0 Å². The van der Waals surface area contributed by atoms with E-state index in [4.69, 9.17) is 23.2 Å². The average molecular weight is 312 g/mol. The first-order valence-electron chi connectivity index (χ1n) is 6.35. The van der Waals surface area contributed by atoms with E-state index < -0.39 is 0 Å². The van der Waals surface area contributed by atoms with E-state index in [-0.39, 0.29) is 17.7 Å². The summed E-state index contributed by atoms with van der Waals surface area (Å²) >= 11 is 11.8. The molecule has 0 radical (unpaired) electrons. The molecule has 1 unspecified atom stereocenters. The number of anilines is 1. The fourth-order valence-electron chi connectivity index (χ4n) is 2.18. The largest absolute Gasteiger partial charge is 0.368 e. The minimum atomic E-state index is -0.267. The van der Waals surface area contributed by atoms with Crippen LogP contribution in [0.2, 0.25) is 5.02 Å². The highest BCUT2D eigenvalue weighted by molar-refractivity contribution is 6.30. The summed E-state index contributed by atoms with van der Waals surface area (Å²) in [6, 6.07) is 12.6. The van der Waals surface area contributed by atoms with Crippen LogP contribution in [0.3, 0.4) is 0 Å². The maximum atomic E-state index is 13.3. The topological polar surface area (TPSA) is 3.24 Å². The molecule has 20 heavy (non-hydrogen) atoms. The summed E-state index contributed by atoms with van der Waals surface area (Å²) in [5, 5.41) is 0.715. The van der Waals surface area contributed by atoms with Gasteiger partial charge in [-0.15, -0.1) is 11.6 Å². The fourth-order valence-corrected chi connectivity index (χ4v) is 2.52. The molecule has 2 aromatic carbocycles. The summed E-state index contributed by atoms with van der Waals surface area (Å²) in [5.41, 5.74) is 2.86. The third kappa shape index (κ3) is 3.25. The molecule has 0 aliphatic heterocycles. The van der Waals surface area contributed by atoms with Crippen LogP contribution in [0.4, 0.5) is 10.1 Å². The van der Waals surface area contributed by atoms with Crippen LogP contribution >= 0.6 is 23.2 Å². The molecule has 1 nitrogen and oxygen atoms in total. The third-order valence-electron chi connectivity index (χ3n) is 3.50. The summed E-state index contributed by atoms with van der Waals surface area (Å²) in [6.45, 7) is 2.09. The second-order valence-electron chi connectivity index (χ2n) is 4.75. The first-order valence-corrected chi connectivity index (χ1v) is 7.27. The van der Waals surface area contributed by atoms with Crippen molar-refractivity contribution in [2.24, 2.45) is 0 Å². The predicted octanol–water partition coefficient (Wildman–Crippen LogP) is 5.42. The van der Waals surface area contributed by atoms with E-state index in [1.165, 1.54) is 12.1 Å². The Kier molecular flexibility index (Phi) is 4.90. The summed E-state index contributed by atoms with van der Waals surface area (Å²) in [4.78, 5) is 2.08. The van der Waals surface area contributed by atoms with E-state index in [9.17, 15) is 4.39 Å².